The number of benzene rings is 2. The van der Waals surface area contributed by atoms with Crippen LogP contribution in [0, 0.1) is 0 Å². The molecule has 4 rings (SSSR count). The molecule has 7 nitrogen and oxygen atoms in total. The van der Waals surface area contributed by atoms with Crippen LogP contribution >= 0.6 is 11.3 Å². The van der Waals surface area contributed by atoms with Crippen molar-refractivity contribution in [3.63, 3.8) is 0 Å². The van der Waals surface area contributed by atoms with E-state index in [4.69, 9.17) is 4.98 Å². The predicted molar refractivity (Wildman–Crippen MR) is 125 cm³/mol. The molecule has 2 aromatic carbocycles. The Labute approximate surface area is 184 Å². The van der Waals surface area contributed by atoms with Gasteiger partial charge in [0, 0.05) is 36.5 Å². The van der Waals surface area contributed by atoms with Crippen LogP contribution in [0.4, 0.5) is 0 Å². The van der Waals surface area contributed by atoms with E-state index in [2.05, 4.69) is 22.9 Å². The molecule has 3 N–H and O–H groups in total. The van der Waals surface area contributed by atoms with Gasteiger partial charge in [0.15, 0.2) is 4.96 Å². The molecule has 2 heterocycles. The number of hydrogen-bond acceptors (Lipinski definition) is 5. The highest BCUT2D eigenvalue weighted by atomic mass is 32.1. The summed E-state index contributed by atoms with van der Waals surface area (Å²) in [6.45, 7) is 4.56. The summed E-state index contributed by atoms with van der Waals surface area (Å²) >= 11 is 1.55. The molecule has 0 aliphatic heterocycles. The molecule has 0 fully saturated rings. The fourth-order valence-electron chi connectivity index (χ4n) is 3.41. The largest absolute Gasteiger partial charge is 0.355 e. The number of aromatic nitrogens is 2. The zero-order valence-electron chi connectivity index (χ0n) is 17.6. The van der Waals surface area contributed by atoms with E-state index in [1.807, 2.05) is 40.9 Å². The maximum atomic E-state index is 12.4. The number of nitrogens with one attached hydrogen (secondary N) is 3. The lowest BCUT2D eigenvalue weighted by molar-refractivity contribution is 0.0949. The van der Waals surface area contributed by atoms with Crippen LogP contribution < -0.4 is 16.0 Å². The van der Waals surface area contributed by atoms with Gasteiger partial charge in [0.1, 0.15) is 0 Å². The van der Waals surface area contributed by atoms with E-state index in [1.165, 1.54) is 0 Å². The second-order valence-corrected chi connectivity index (χ2v) is 8.19. The smallest absolute Gasteiger partial charge is 0.251 e. The van der Waals surface area contributed by atoms with Gasteiger partial charge in [-0.25, -0.2) is 4.98 Å². The van der Waals surface area contributed by atoms with Crippen LogP contribution in [0.25, 0.3) is 26.4 Å². The van der Waals surface area contributed by atoms with E-state index in [-0.39, 0.29) is 11.8 Å². The van der Waals surface area contributed by atoms with Gasteiger partial charge >= 0.3 is 0 Å². The Morgan fingerprint density at radius 3 is 2.55 bits per heavy atom. The molecule has 31 heavy (non-hydrogen) atoms. The topological polar surface area (TPSA) is 87.5 Å². The second kappa shape index (κ2) is 9.28. The van der Waals surface area contributed by atoms with Crippen molar-refractivity contribution in [3.8, 4) is 11.3 Å². The van der Waals surface area contributed by atoms with Crippen molar-refractivity contribution >= 4 is 38.3 Å². The first-order chi connectivity index (χ1) is 15.1. The third-order valence-electron chi connectivity index (χ3n) is 5.09. The summed E-state index contributed by atoms with van der Waals surface area (Å²) in [5.74, 6) is -0.165. The van der Waals surface area contributed by atoms with Crippen LogP contribution in [-0.2, 0) is 0 Å². The summed E-state index contributed by atoms with van der Waals surface area (Å²) in [7, 11) is 1.62. The molecule has 0 aliphatic rings. The van der Waals surface area contributed by atoms with Gasteiger partial charge in [-0.2, -0.15) is 0 Å². The van der Waals surface area contributed by atoms with Crippen molar-refractivity contribution < 1.29 is 9.59 Å². The van der Waals surface area contributed by atoms with E-state index in [0.717, 1.165) is 45.9 Å². The van der Waals surface area contributed by atoms with Crippen LogP contribution in [0.2, 0.25) is 0 Å². The number of fused-ring (bicyclic) bond motifs is 3. The van der Waals surface area contributed by atoms with Gasteiger partial charge in [0.25, 0.3) is 11.8 Å². The minimum absolute atomic E-state index is 0.0543. The maximum absolute atomic E-state index is 12.4. The fourth-order valence-corrected chi connectivity index (χ4v) is 4.46. The van der Waals surface area contributed by atoms with Gasteiger partial charge in [-0.1, -0.05) is 30.4 Å². The van der Waals surface area contributed by atoms with Gasteiger partial charge in [-0.3, -0.25) is 14.0 Å². The number of carbonyl (C=O) groups is 2. The minimum atomic E-state index is -0.110. The molecule has 0 spiro atoms. The Bertz CT molecular complexity index is 1230. The number of thiazole rings is 1. The Morgan fingerprint density at radius 1 is 1.03 bits per heavy atom. The molecule has 0 bridgehead atoms. The maximum Gasteiger partial charge on any atom is 0.251 e. The van der Waals surface area contributed by atoms with E-state index in [1.54, 1.807) is 30.5 Å². The van der Waals surface area contributed by atoms with E-state index in [0.29, 0.717) is 17.7 Å². The third kappa shape index (κ3) is 4.45. The molecule has 2 amide bonds. The molecule has 4 aromatic rings. The zero-order chi connectivity index (χ0) is 21.8. The summed E-state index contributed by atoms with van der Waals surface area (Å²) in [6, 6.07) is 13.1. The van der Waals surface area contributed by atoms with E-state index in [9.17, 15) is 9.59 Å². The fraction of sp³-hybridized carbons (Fsp3) is 0.261. The summed E-state index contributed by atoms with van der Waals surface area (Å²) in [4.78, 5) is 29.8. The van der Waals surface area contributed by atoms with Crippen molar-refractivity contribution in [1.82, 2.24) is 25.3 Å². The molecule has 0 saturated heterocycles. The van der Waals surface area contributed by atoms with Crippen LogP contribution in [0.3, 0.4) is 0 Å². The lowest BCUT2D eigenvalue weighted by atomic mass is 10.1. The van der Waals surface area contributed by atoms with Crippen LogP contribution in [-0.4, -0.2) is 47.9 Å². The summed E-state index contributed by atoms with van der Waals surface area (Å²) in [6.07, 6.45) is 2.89. The first-order valence-electron chi connectivity index (χ1n) is 10.3. The molecule has 0 radical (unpaired) electrons. The molecule has 0 unspecified atom stereocenters. The summed E-state index contributed by atoms with van der Waals surface area (Å²) in [5, 5.41) is 8.84. The second-order valence-electron chi connectivity index (χ2n) is 7.18. The van der Waals surface area contributed by atoms with Gasteiger partial charge < -0.3 is 16.0 Å². The zero-order valence-corrected chi connectivity index (χ0v) is 18.4. The molecular formula is C23H25N5O2S. The minimum Gasteiger partial charge on any atom is -0.355 e. The number of hydrogen-bond donors (Lipinski definition) is 3. The SMILES string of the molecule is CCNCCCNC(=O)c1ccc2c(c1)sc1nc(-c3ccc(C(=O)NC)cc3)cn12. The number of imidazole rings is 1. The molecule has 0 aliphatic carbocycles. The van der Waals surface area contributed by atoms with Gasteiger partial charge in [-0.15, -0.1) is 0 Å². The van der Waals surface area contributed by atoms with Crippen molar-refractivity contribution in [3.05, 3.63) is 59.8 Å². The average Bonchev–Trinajstić information content (AvgIpc) is 3.36. The van der Waals surface area contributed by atoms with Gasteiger partial charge in [0.2, 0.25) is 0 Å². The van der Waals surface area contributed by atoms with Crippen LogP contribution in [0.15, 0.2) is 48.7 Å². The molecule has 8 heteroatoms. The van der Waals surface area contributed by atoms with Crippen molar-refractivity contribution in [1.29, 1.82) is 0 Å². The third-order valence-corrected chi connectivity index (χ3v) is 6.11. The Balaban J connectivity index is 1.52. The standard InChI is InChI=1S/C23H25N5O2S/c1-3-25-11-4-12-26-22(30)17-9-10-19-20(13-17)31-23-27-18(14-28(19)23)15-5-7-16(8-6-15)21(29)24-2/h5-10,13-14,25H,3-4,11-12H2,1-2H3,(H,24,29)(H,26,30). The monoisotopic (exact) mass is 435 g/mol. The first-order valence-corrected chi connectivity index (χ1v) is 11.2. The first kappa shape index (κ1) is 21.0. The Kier molecular flexibility index (Phi) is 6.29. The lowest BCUT2D eigenvalue weighted by Gasteiger charge is -2.05. The van der Waals surface area contributed by atoms with Crippen LogP contribution in [0.5, 0.6) is 0 Å². The molecule has 2 aromatic heterocycles. The normalized spacial score (nSPS) is 11.2. The number of rotatable bonds is 8. The van der Waals surface area contributed by atoms with E-state index >= 15 is 0 Å². The summed E-state index contributed by atoms with van der Waals surface area (Å²) in [5.41, 5.74) is 4.09. The highest BCUT2D eigenvalue weighted by molar-refractivity contribution is 7.23. The quantitative estimate of drug-likeness (QED) is 0.371. The van der Waals surface area contributed by atoms with Crippen molar-refractivity contribution in [2.75, 3.05) is 26.7 Å². The van der Waals surface area contributed by atoms with Gasteiger partial charge in [-0.05, 0) is 49.8 Å². The predicted octanol–water partition coefficient (Wildman–Crippen LogP) is 3.31. The number of amides is 2. The highest BCUT2D eigenvalue weighted by Gasteiger charge is 2.13. The highest BCUT2D eigenvalue weighted by Crippen LogP contribution is 2.30. The number of carbonyl (C=O) groups excluding carboxylic acids is 2. The average molecular weight is 436 g/mol. The molecule has 0 atom stereocenters. The Morgan fingerprint density at radius 2 is 1.81 bits per heavy atom. The molecular weight excluding hydrogens is 410 g/mol. The molecule has 0 saturated carbocycles. The van der Waals surface area contributed by atoms with E-state index < -0.39 is 0 Å². The van der Waals surface area contributed by atoms with Crippen molar-refractivity contribution in [2.24, 2.45) is 0 Å². The number of nitrogens with zero attached hydrogens (tertiary/aromatic N) is 2. The lowest BCUT2D eigenvalue weighted by Crippen LogP contribution is -2.27. The van der Waals surface area contributed by atoms with Gasteiger partial charge in [0.05, 0.1) is 15.9 Å². The summed E-state index contributed by atoms with van der Waals surface area (Å²) < 4.78 is 3.06. The molecule has 160 valence electrons. The van der Waals surface area contributed by atoms with Crippen molar-refractivity contribution in [2.45, 2.75) is 13.3 Å². The van der Waals surface area contributed by atoms with Crippen LogP contribution in [0.1, 0.15) is 34.1 Å². The Hall–Kier alpha value is -3.23.